The molecule has 0 aliphatic carbocycles. The molecule has 2 aromatic heterocycles. The number of alkyl halides is 6. The zero-order valence-corrected chi connectivity index (χ0v) is 14.5. The number of fused-ring (bicyclic) bond motifs is 5. The van der Waals surface area contributed by atoms with Crippen molar-refractivity contribution in [3.63, 3.8) is 0 Å². The van der Waals surface area contributed by atoms with Gasteiger partial charge >= 0.3 is 12.4 Å². The van der Waals surface area contributed by atoms with Crippen LogP contribution in [0.4, 0.5) is 32.0 Å². The lowest BCUT2D eigenvalue weighted by Crippen LogP contribution is -2.42. The lowest BCUT2D eigenvalue weighted by molar-refractivity contribution is -0.277. The summed E-state index contributed by atoms with van der Waals surface area (Å²) in [5.74, 6) is -1.92. The Morgan fingerprint density at radius 2 is 1.86 bits per heavy atom. The maximum atomic E-state index is 13.4. The predicted molar refractivity (Wildman–Crippen MR) is 83.7 cm³/mol. The highest BCUT2D eigenvalue weighted by molar-refractivity contribution is 5.67. The summed E-state index contributed by atoms with van der Waals surface area (Å²) in [6, 6.07) is 0.460. The van der Waals surface area contributed by atoms with Gasteiger partial charge in [-0.15, -0.1) is 10.2 Å². The number of aliphatic hydroxyl groups excluding tert-OH is 1. The van der Waals surface area contributed by atoms with Crippen LogP contribution >= 0.6 is 0 Å². The van der Waals surface area contributed by atoms with Crippen LogP contribution in [-0.2, 0) is 11.8 Å². The smallest absolute Gasteiger partial charge is 0.416 e. The van der Waals surface area contributed by atoms with Gasteiger partial charge < -0.3 is 20.4 Å². The van der Waals surface area contributed by atoms with Crippen molar-refractivity contribution >= 4 is 5.69 Å². The molecule has 0 spiro atoms. The number of rotatable bonds is 0. The average Bonchev–Trinajstić information content (AvgIpc) is 3.08. The minimum Gasteiger partial charge on any atom is -0.416 e. The molecule has 2 aromatic rings. The van der Waals surface area contributed by atoms with Gasteiger partial charge in [-0.1, -0.05) is 0 Å². The van der Waals surface area contributed by atoms with Gasteiger partial charge in [0.2, 0.25) is 5.60 Å². The van der Waals surface area contributed by atoms with E-state index in [9.17, 15) is 36.6 Å². The fourth-order valence-corrected chi connectivity index (χ4v) is 2.85. The number of pyridine rings is 1. The van der Waals surface area contributed by atoms with Crippen molar-refractivity contribution in [1.82, 2.24) is 20.5 Å². The molecule has 160 valence electrons. The number of nitrogens with two attached hydrogens (primary N) is 1. The van der Waals surface area contributed by atoms with Gasteiger partial charge in [0.05, 0.1) is 16.9 Å². The van der Waals surface area contributed by atoms with E-state index in [1.165, 1.54) is 0 Å². The van der Waals surface area contributed by atoms with Crippen LogP contribution < -0.4 is 11.1 Å². The summed E-state index contributed by atoms with van der Waals surface area (Å²) in [4.78, 5) is 3.62. The van der Waals surface area contributed by atoms with E-state index < -0.39 is 65.0 Å². The monoisotopic (exact) mass is 427 g/mol. The Labute approximate surface area is 158 Å². The van der Waals surface area contributed by atoms with Gasteiger partial charge in [-0.3, -0.25) is 5.32 Å². The van der Waals surface area contributed by atoms with Crippen molar-refractivity contribution in [2.75, 3.05) is 12.3 Å². The summed E-state index contributed by atoms with van der Waals surface area (Å²) < 4.78 is 85.2. The number of aromatic nitrogens is 3. The van der Waals surface area contributed by atoms with E-state index in [2.05, 4.69) is 20.5 Å². The van der Waals surface area contributed by atoms with Crippen LogP contribution in [0.1, 0.15) is 42.6 Å². The Bertz CT molecular complexity index is 900. The minimum atomic E-state index is -5.16. The molecule has 0 aromatic carbocycles. The van der Waals surface area contributed by atoms with Crippen molar-refractivity contribution in [2.24, 2.45) is 0 Å². The third kappa shape index (κ3) is 3.86. The van der Waals surface area contributed by atoms with E-state index in [4.69, 9.17) is 10.2 Å². The van der Waals surface area contributed by atoms with Gasteiger partial charge in [-0.05, 0) is 31.9 Å². The van der Waals surface area contributed by atoms with E-state index in [0.29, 0.717) is 6.07 Å². The zero-order valence-electron chi connectivity index (χ0n) is 14.5. The molecule has 0 amide bonds. The van der Waals surface area contributed by atoms with Crippen LogP contribution in [0.5, 0.6) is 0 Å². The van der Waals surface area contributed by atoms with Gasteiger partial charge in [0.25, 0.3) is 11.8 Å². The second-order valence-corrected chi connectivity index (χ2v) is 6.44. The van der Waals surface area contributed by atoms with Gasteiger partial charge in [0, 0.05) is 0 Å². The molecule has 0 radical (unpaired) electrons. The molecule has 1 aliphatic rings. The Hall–Kier alpha value is -2.45. The lowest BCUT2D eigenvalue weighted by Gasteiger charge is -2.26. The lowest BCUT2D eigenvalue weighted by atomic mass is 9.95. The SMILES string of the molecule is Nc1cc(C(F)(F)F)c2nc1-c1nnc(o1)C(O)(C(F)(F)F)CCCCNC2O. The van der Waals surface area contributed by atoms with Crippen LogP contribution in [0.2, 0.25) is 0 Å². The summed E-state index contributed by atoms with van der Waals surface area (Å²) in [5.41, 5.74) is -1.26. The number of nitrogens with zero attached hydrogens (tertiary/aromatic N) is 3. The number of anilines is 1. The van der Waals surface area contributed by atoms with Gasteiger partial charge in [0.1, 0.15) is 6.23 Å². The third-order valence-corrected chi connectivity index (χ3v) is 4.40. The van der Waals surface area contributed by atoms with Crippen LogP contribution in [-0.4, -0.2) is 38.1 Å². The van der Waals surface area contributed by atoms with E-state index in [1.807, 2.05) is 0 Å². The highest BCUT2D eigenvalue weighted by Gasteiger charge is 2.58. The van der Waals surface area contributed by atoms with Crippen molar-refractivity contribution in [3.8, 4) is 11.6 Å². The first-order chi connectivity index (χ1) is 13.3. The molecule has 4 bridgehead atoms. The molecule has 8 nitrogen and oxygen atoms in total. The molecular formula is C15H15F6N5O3. The summed E-state index contributed by atoms with van der Waals surface area (Å²) in [6.07, 6.45) is -13.0. The fourth-order valence-electron chi connectivity index (χ4n) is 2.85. The molecule has 5 N–H and O–H groups in total. The molecule has 14 heteroatoms. The predicted octanol–water partition coefficient (Wildman–Crippen LogP) is 2.25. The Kier molecular flexibility index (Phi) is 5.21. The summed E-state index contributed by atoms with van der Waals surface area (Å²) >= 11 is 0. The molecular weight excluding hydrogens is 412 g/mol. The third-order valence-electron chi connectivity index (χ3n) is 4.40. The van der Waals surface area contributed by atoms with Crippen LogP contribution in [0.25, 0.3) is 11.6 Å². The molecule has 2 atom stereocenters. The van der Waals surface area contributed by atoms with Gasteiger partial charge in [0.15, 0.2) is 5.69 Å². The molecule has 2 unspecified atom stereocenters. The molecule has 3 heterocycles. The molecule has 0 saturated carbocycles. The normalized spacial score (nSPS) is 23.8. The first kappa shape index (κ1) is 21.3. The number of aliphatic hydroxyl groups is 2. The van der Waals surface area contributed by atoms with Crippen molar-refractivity contribution < 1.29 is 41.0 Å². The largest absolute Gasteiger partial charge is 0.426 e. The van der Waals surface area contributed by atoms with Crippen LogP contribution in [0.3, 0.4) is 0 Å². The number of nitrogen functional groups attached to an aromatic ring is 1. The number of nitrogens with one attached hydrogen (secondary N) is 1. The highest BCUT2D eigenvalue weighted by Crippen LogP contribution is 2.43. The van der Waals surface area contributed by atoms with E-state index in [1.54, 1.807) is 0 Å². The van der Waals surface area contributed by atoms with Crippen LogP contribution in [0, 0.1) is 0 Å². The molecule has 0 fully saturated rings. The second kappa shape index (κ2) is 7.11. The summed E-state index contributed by atoms with van der Waals surface area (Å²) in [7, 11) is 0. The molecule has 29 heavy (non-hydrogen) atoms. The second-order valence-electron chi connectivity index (χ2n) is 6.44. The van der Waals surface area contributed by atoms with Crippen LogP contribution in [0.15, 0.2) is 10.5 Å². The quantitative estimate of drug-likeness (QED) is 0.471. The minimum absolute atomic E-state index is 0.0143. The Morgan fingerprint density at radius 3 is 2.48 bits per heavy atom. The average molecular weight is 427 g/mol. The van der Waals surface area contributed by atoms with E-state index in [0.717, 1.165) is 0 Å². The number of hydrogen-bond acceptors (Lipinski definition) is 8. The number of halogens is 6. The zero-order chi connectivity index (χ0) is 21.6. The topological polar surface area (TPSA) is 130 Å². The Morgan fingerprint density at radius 1 is 1.17 bits per heavy atom. The molecule has 3 rings (SSSR count). The van der Waals surface area contributed by atoms with Gasteiger partial charge in [-0.2, -0.15) is 26.3 Å². The van der Waals surface area contributed by atoms with Crippen molar-refractivity contribution in [1.29, 1.82) is 0 Å². The molecule has 0 saturated heterocycles. The Balaban J connectivity index is 2.20. The first-order valence-electron chi connectivity index (χ1n) is 8.27. The fraction of sp³-hybridized carbons (Fsp3) is 0.533. The maximum absolute atomic E-state index is 13.4. The molecule has 1 aliphatic heterocycles. The standard InChI is InChI=1S/C15H15F6N5O3/c16-14(17,18)6-5-7(22)9-11-25-26-12(29-11)13(28,15(19,20)21)3-1-2-4-23-10(27)8(6)24-9/h5,10,23,27-28H,1-4,22H2. The van der Waals surface area contributed by atoms with Crippen molar-refractivity contribution in [2.45, 2.75) is 43.4 Å². The van der Waals surface area contributed by atoms with E-state index in [-0.39, 0.29) is 19.4 Å². The van der Waals surface area contributed by atoms with Crippen molar-refractivity contribution in [3.05, 3.63) is 23.2 Å². The van der Waals surface area contributed by atoms with E-state index >= 15 is 0 Å². The highest BCUT2D eigenvalue weighted by atomic mass is 19.4. The maximum Gasteiger partial charge on any atom is 0.426 e. The first-order valence-corrected chi connectivity index (χ1v) is 8.27. The number of hydrogen-bond donors (Lipinski definition) is 4. The van der Waals surface area contributed by atoms with Gasteiger partial charge in [-0.25, -0.2) is 4.98 Å². The summed E-state index contributed by atoms with van der Waals surface area (Å²) in [6.45, 7) is -0.151. The summed E-state index contributed by atoms with van der Waals surface area (Å²) in [5, 5.41) is 29.2.